The lowest BCUT2D eigenvalue weighted by molar-refractivity contribution is 0.0371. The molecule has 1 fully saturated rings. The van der Waals surface area contributed by atoms with Gasteiger partial charge in [-0.25, -0.2) is 13.2 Å². The normalized spacial score (nSPS) is 13.3. The number of Topliss-reactive ketones (excluding diaryl/α,β-unsaturated/α-hetero) is 1. The molecule has 3 N–H and O–H groups in total. The van der Waals surface area contributed by atoms with Crippen LogP contribution in [0, 0.1) is 0 Å². The van der Waals surface area contributed by atoms with Crippen LogP contribution < -0.4 is 34.3 Å². The highest BCUT2D eigenvalue weighted by molar-refractivity contribution is 7.92. The van der Waals surface area contributed by atoms with E-state index in [9.17, 15) is 18.0 Å². The lowest BCUT2D eigenvalue weighted by atomic mass is 9.86. The third-order valence-electron chi connectivity index (χ3n) is 10.6. The van der Waals surface area contributed by atoms with Crippen LogP contribution in [0.3, 0.4) is 0 Å². The molecule has 14 nitrogen and oxygen atoms in total. The number of anilines is 3. The highest BCUT2D eigenvalue weighted by atomic mass is 32.2. The van der Waals surface area contributed by atoms with Crippen molar-refractivity contribution >= 4 is 49.7 Å². The van der Waals surface area contributed by atoms with Crippen LogP contribution >= 0.6 is 0 Å². The molecule has 5 aromatic rings. The number of hydrogen-bond donors (Lipinski definition) is 3. The summed E-state index contributed by atoms with van der Waals surface area (Å²) in [7, 11) is 0.879. The molecule has 0 atom stereocenters. The van der Waals surface area contributed by atoms with Crippen molar-refractivity contribution in [3.8, 4) is 28.7 Å². The fraction of sp³-hybridized carbons (Fsp3) is 0.383. The van der Waals surface area contributed by atoms with Crippen LogP contribution in [-0.4, -0.2) is 90.5 Å². The molecule has 0 aliphatic carbocycles. The molecule has 330 valence electrons. The summed E-state index contributed by atoms with van der Waals surface area (Å²) in [5.74, 6) is 2.21. The van der Waals surface area contributed by atoms with Gasteiger partial charge >= 0.3 is 6.03 Å². The number of unbranched alkanes of at least 4 members (excludes halogenated alkanes) is 2. The number of carbonyl (C=O) groups is 2. The van der Waals surface area contributed by atoms with E-state index < -0.39 is 16.1 Å². The second-order valence-electron chi connectivity index (χ2n) is 16.3. The number of ketones is 1. The molecule has 1 aliphatic heterocycles. The van der Waals surface area contributed by atoms with Gasteiger partial charge in [0.15, 0.2) is 11.5 Å². The highest BCUT2D eigenvalue weighted by Crippen LogP contribution is 2.40. The van der Waals surface area contributed by atoms with E-state index in [2.05, 4.69) is 25.2 Å². The maximum atomic E-state index is 13.6. The van der Waals surface area contributed by atoms with E-state index >= 15 is 0 Å². The Labute approximate surface area is 364 Å². The first-order chi connectivity index (χ1) is 29.6. The summed E-state index contributed by atoms with van der Waals surface area (Å²) >= 11 is 0. The minimum Gasteiger partial charge on any atom is -0.496 e. The number of aromatic nitrogens is 1. The van der Waals surface area contributed by atoms with Gasteiger partial charge < -0.3 is 34.3 Å². The monoisotopic (exact) mass is 867 g/mol. The van der Waals surface area contributed by atoms with Crippen molar-refractivity contribution in [3.05, 3.63) is 101 Å². The Kier molecular flexibility index (Phi) is 14.9. The van der Waals surface area contributed by atoms with Gasteiger partial charge in [-0.05, 0) is 78.4 Å². The fourth-order valence-corrected chi connectivity index (χ4v) is 7.99. The number of nitrogens with one attached hydrogen (secondary N) is 3. The van der Waals surface area contributed by atoms with Crippen LogP contribution in [0.25, 0.3) is 10.8 Å². The van der Waals surface area contributed by atoms with E-state index in [1.54, 1.807) is 50.7 Å². The number of sulfonamides is 1. The number of benzene rings is 4. The maximum absolute atomic E-state index is 13.6. The summed E-state index contributed by atoms with van der Waals surface area (Å²) < 4.78 is 55.8. The predicted molar refractivity (Wildman–Crippen MR) is 243 cm³/mol. The van der Waals surface area contributed by atoms with E-state index in [1.807, 2.05) is 63.2 Å². The molecule has 1 saturated heterocycles. The van der Waals surface area contributed by atoms with Gasteiger partial charge in [0.1, 0.15) is 28.6 Å². The quantitative estimate of drug-likeness (QED) is 0.0568. The van der Waals surface area contributed by atoms with Gasteiger partial charge in [0.05, 0.1) is 57.9 Å². The van der Waals surface area contributed by atoms with Gasteiger partial charge in [0, 0.05) is 54.7 Å². The molecule has 0 spiro atoms. The standard InChI is InChI=1S/C47H57N5O9S/c1-47(2,3)32-28-38(45(59-6)39(29-32)51-62(7,55)56)50-46(54)49-37-16-17-41(36-14-11-10-13-35(36)37)61-34-18-19-48-33(30-34)25-31-26-42(57-4)44(43(27-31)58-5)40(53)15-9-8-12-20-52-21-23-60-24-22-52/h10-11,13-14,16-19,26-30,51H,8-9,12,15,20-25H2,1-7H3,(H2,49,50,54). The number of pyridine rings is 1. The van der Waals surface area contributed by atoms with Gasteiger partial charge in [-0.1, -0.05) is 51.5 Å². The molecule has 62 heavy (non-hydrogen) atoms. The Bertz CT molecular complexity index is 2470. The van der Waals surface area contributed by atoms with Gasteiger partial charge in [0.2, 0.25) is 10.0 Å². The van der Waals surface area contributed by atoms with Gasteiger partial charge in [-0.2, -0.15) is 0 Å². The number of nitrogens with zero attached hydrogens (tertiary/aromatic N) is 2. The summed E-state index contributed by atoms with van der Waals surface area (Å²) in [4.78, 5) is 34.0. The molecular formula is C47H57N5O9S. The number of hydrogen-bond acceptors (Lipinski definition) is 11. The lowest BCUT2D eigenvalue weighted by Gasteiger charge is -2.26. The number of carbonyl (C=O) groups excluding carboxylic acids is 2. The van der Waals surface area contributed by atoms with Crippen molar-refractivity contribution in [2.45, 2.75) is 58.3 Å². The second kappa shape index (κ2) is 20.3. The molecule has 2 amide bonds. The number of fused-ring (bicyclic) bond motifs is 1. The molecule has 2 heterocycles. The first-order valence-electron chi connectivity index (χ1n) is 20.7. The first-order valence-corrected chi connectivity index (χ1v) is 22.6. The number of methoxy groups -OCH3 is 3. The number of morpholine rings is 1. The Morgan fingerprint density at radius 1 is 0.790 bits per heavy atom. The molecule has 6 rings (SSSR count). The summed E-state index contributed by atoms with van der Waals surface area (Å²) in [6.45, 7) is 10.5. The smallest absolute Gasteiger partial charge is 0.323 e. The van der Waals surface area contributed by atoms with Crippen molar-refractivity contribution < 1.29 is 41.7 Å². The molecule has 0 saturated carbocycles. The van der Waals surface area contributed by atoms with E-state index in [-0.39, 0.29) is 22.6 Å². The molecule has 4 aromatic carbocycles. The average molecular weight is 868 g/mol. The number of ether oxygens (including phenoxy) is 5. The summed E-state index contributed by atoms with van der Waals surface area (Å²) in [6, 6.07) is 21.3. The zero-order valence-electron chi connectivity index (χ0n) is 36.6. The topological polar surface area (TPSA) is 167 Å². The Hall–Kier alpha value is -5.90. The fourth-order valence-electron chi connectivity index (χ4n) is 7.44. The maximum Gasteiger partial charge on any atom is 0.323 e. The number of urea groups is 1. The molecular weight excluding hydrogens is 811 g/mol. The van der Waals surface area contributed by atoms with Crippen LogP contribution in [0.1, 0.15) is 73.6 Å². The van der Waals surface area contributed by atoms with Crippen molar-refractivity contribution in [3.63, 3.8) is 0 Å². The Balaban J connectivity index is 1.15. The third-order valence-corrected chi connectivity index (χ3v) is 11.2. The van der Waals surface area contributed by atoms with Gasteiger partial charge in [0.25, 0.3) is 0 Å². The molecule has 1 aromatic heterocycles. The minimum atomic E-state index is -3.65. The van der Waals surface area contributed by atoms with E-state index in [0.717, 1.165) is 86.0 Å². The molecule has 0 bridgehead atoms. The average Bonchev–Trinajstić information content (AvgIpc) is 3.23. The van der Waals surface area contributed by atoms with Gasteiger partial charge in [-0.3, -0.25) is 19.4 Å². The van der Waals surface area contributed by atoms with Crippen molar-refractivity contribution in [1.82, 2.24) is 9.88 Å². The predicted octanol–water partition coefficient (Wildman–Crippen LogP) is 9.03. The van der Waals surface area contributed by atoms with Crippen LogP contribution in [0.15, 0.2) is 79.0 Å². The summed E-state index contributed by atoms with van der Waals surface area (Å²) in [5, 5.41) is 7.27. The largest absolute Gasteiger partial charge is 0.496 e. The van der Waals surface area contributed by atoms with Crippen LogP contribution in [0.5, 0.6) is 28.7 Å². The minimum absolute atomic E-state index is 0.0107. The number of amides is 2. The Morgan fingerprint density at radius 3 is 2.13 bits per heavy atom. The summed E-state index contributed by atoms with van der Waals surface area (Å²) in [5.41, 5.74) is 3.48. The number of rotatable bonds is 18. The second-order valence-corrected chi connectivity index (χ2v) is 18.0. The SMILES string of the molecule is COc1cc(Cc2cc(Oc3ccc(NC(=O)Nc4cc(C(C)(C)C)cc(NS(C)(=O)=O)c4OC)c4ccccc34)ccn2)cc(OC)c1C(=O)CCCCCN1CCOCC1. The summed E-state index contributed by atoms with van der Waals surface area (Å²) in [6.07, 6.45) is 6.35. The third kappa shape index (κ3) is 11.9. The highest BCUT2D eigenvalue weighted by Gasteiger charge is 2.24. The molecule has 15 heteroatoms. The van der Waals surface area contributed by atoms with Crippen molar-refractivity contribution in [2.24, 2.45) is 0 Å². The van der Waals surface area contributed by atoms with Crippen LogP contribution in [-0.2, 0) is 26.6 Å². The van der Waals surface area contributed by atoms with E-state index in [1.165, 1.54) is 7.11 Å². The molecule has 0 radical (unpaired) electrons. The van der Waals surface area contributed by atoms with Crippen molar-refractivity contribution in [2.75, 3.05) is 75.8 Å². The zero-order valence-corrected chi connectivity index (χ0v) is 37.4. The van der Waals surface area contributed by atoms with Crippen LogP contribution in [0.2, 0.25) is 0 Å². The van der Waals surface area contributed by atoms with Crippen molar-refractivity contribution in [1.29, 1.82) is 0 Å². The first kappa shape index (κ1) is 45.6. The lowest BCUT2D eigenvalue weighted by Crippen LogP contribution is -2.36. The van der Waals surface area contributed by atoms with Crippen LogP contribution in [0.4, 0.5) is 21.9 Å². The van der Waals surface area contributed by atoms with Gasteiger partial charge in [-0.15, -0.1) is 0 Å². The van der Waals surface area contributed by atoms with E-state index in [0.29, 0.717) is 52.8 Å². The zero-order chi connectivity index (χ0) is 44.4. The molecule has 1 aliphatic rings. The Morgan fingerprint density at radius 2 is 1.47 bits per heavy atom. The molecule has 0 unspecified atom stereocenters. The van der Waals surface area contributed by atoms with E-state index in [4.69, 9.17) is 23.7 Å².